The highest BCUT2D eigenvalue weighted by Gasteiger charge is 2.21. The second kappa shape index (κ2) is 5.72. The Labute approximate surface area is 132 Å². The van der Waals surface area contributed by atoms with E-state index >= 15 is 0 Å². The molecular weight excluding hydrogens is 301 g/mol. The molecule has 23 heavy (non-hydrogen) atoms. The highest BCUT2D eigenvalue weighted by atomic mass is 19.1. The summed E-state index contributed by atoms with van der Waals surface area (Å²) >= 11 is 0. The van der Waals surface area contributed by atoms with Crippen molar-refractivity contribution in [1.82, 2.24) is 0 Å². The van der Waals surface area contributed by atoms with Crippen molar-refractivity contribution in [3.05, 3.63) is 52.8 Å². The molecule has 1 N–H and O–H groups in total. The number of benzene rings is 2. The molecule has 0 bridgehead atoms. The summed E-state index contributed by atoms with van der Waals surface area (Å²) in [5.74, 6) is -0.326. The van der Waals surface area contributed by atoms with Gasteiger partial charge in [0.15, 0.2) is 17.3 Å². The molecule has 0 saturated carbocycles. The average molecular weight is 315 g/mol. The number of halogens is 1. The first-order chi connectivity index (χ1) is 11.0. The van der Waals surface area contributed by atoms with Crippen LogP contribution in [0, 0.1) is 12.7 Å². The number of ether oxygens (including phenoxy) is 2. The Morgan fingerprint density at radius 3 is 2.48 bits per heavy atom. The molecule has 0 aliphatic carbocycles. The van der Waals surface area contributed by atoms with Crippen LogP contribution in [-0.4, -0.2) is 18.5 Å². The third-order valence-corrected chi connectivity index (χ3v) is 3.58. The molecule has 0 fully saturated rings. The van der Waals surface area contributed by atoms with Gasteiger partial charge in [0.1, 0.15) is 5.82 Å². The van der Waals surface area contributed by atoms with Gasteiger partial charge >= 0.3 is 0 Å². The van der Waals surface area contributed by atoms with Crippen molar-refractivity contribution in [3.8, 4) is 11.5 Å². The Morgan fingerprint density at radius 1 is 1.09 bits per heavy atom. The van der Waals surface area contributed by atoms with E-state index in [0.717, 1.165) is 6.07 Å². The summed E-state index contributed by atoms with van der Waals surface area (Å²) in [4.78, 5) is 24.2. The summed E-state index contributed by atoms with van der Waals surface area (Å²) in [6.45, 7) is 3.16. The van der Waals surface area contributed by atoms with Crippen molar-refractivity contribution in [1.29, 1.82) is 0 Å². The molecule has 2 aromatic carbocycles. The zero-order chi connectivity index (χ0) is 16.6. The van der Waals surface area contributed by atoms with E-state index in [9.17, 15) is 14.0 Å². The molecular formula is C17H14FNO4. The number of Topliss-reactive ketones (excluding diaryl/α,β-unsaturated/α-hetero) is 1. The Hall–Kier alpha value is -2.89. The maximum absolute atomic E-state index is 13.4. The van der Waals surface area contributed by atoms with E-state index in [1.165, 1.54) is 31.2 Å². The summed E-state index contributed by atoms with van der Waals surface area (Å²) in [7, 11) is 0. The number of carbonyl (C=O) groups excluding carboxylic acids is 2. The largest absolute Gasteiger partial charge is 0.454 e. The normalized spacial score (nSPS) is 12.1. The van der Waals surface area contributed by atoms with Gasteiger partial charge in [-0.2, -0.15) is 0 Å². The second-order valence-corrected chi connectivity index (χ2v) is 5.22. The standard InChI is InChI=1S/C17H14FNO4/c1-9-3-4-11(18)5-12(9)17(21)19-14-7-16-15(22-8-23-16)6-13(14)10(2)20/h3-7H,8H2,1-2H3,(H,19,21). The third-order valence-electron chi connectivity index (χ3n) is 3.58. The lowest BCUT2D eigenvalue weighted by Crippen LogP contribution is -2.15. The van der Waals surface area contributed by atoms with E-state index in [2.05, 4.69) is 5.32 Å². The highest BCUT2D eigenvalue weighted by Crippen LogP contribution is 2.37. The first-order valence-electron chi connectivity index (χ1n) is 6.98. The van der Waals surface area contributed by atoms with Gasteiger partial charge in [-0.05, 0) is 37.6 Å². The van der Waals surface area contributed by atoms with Crippen molar-refractivity contribution in [2.24, 2.45) is 0 Å². The van der Waals surface area contributed by atoms with Gasteiger partial charge in [0.05, 0.1) is 5.69 Å². The number of carbonyl (C=O) groups is 2. The lowest BCUT2D eigenvalue weighted by atomic mass is 10.1. The Bertz CT molecular complexity index is 816. The van der Waals surface area contributed by atoms with Crippen LogP contribution in [0.3, 0.4) is 0 Å². The Balaban J connectivity index is 1.97. The Morgan fingerprint density at radius 2 is 1.78 bits per heavy atom. The van der Waals surface area contributed by atoms with Crippen molar-refractivity contribution in [2.45, 2.75) is 13.8 Å². The molecule has 118 valence electrons. The number of rotatable bonds is 3. The molecule has 0 radical (unpaired) electrons. The second-order valence-electron chi connectivity index (χ2n) is 5.22. The Kier molecular flexibility index (Phi) is 3.73. The molecule has 0 unspecified atom stereocenters. The molecule has 0 spiro atoms. The summed E-state index contributed by atoms with van der Waals surface area (Å²) in [5.41, 5.74) is 1.44. The topological polar surface area (TPSA) is 64.6 Å². The van der Waals surface area contributed by atoms with E-state index in [4.69, 9.17) is 9.47 Å². The quantitative estimate of drug-likeness (QED) is 0.883. The van der Waals surface area contributed by atoms with Gasteiger partial charge in [-0.15, -0.1) is 0 Å². The van der Waals surface area contributed by atoms with Gasteiger partial charge in [0, 0.05) is 17.2 Å². The van der Waals surface area contributed by atoms with E-state index < -0.39 is 11.7 Å². The lowest BCUT2D eigenvalue weighted by Gasteiger charge is -2.12. The van der Waals surface area contributed by atoms with Gasteiger partial charge in [-0.1, -0.05) is 6.07 Å². The van der Waals surface area contributed by atoms with Crippen LogP contribution in [0.5, 0.6) is 11.5 Å². The summed E-state index contributed by atoms with van der Waals surface area (Å²) in [6.07, 6.45) is 0. The van der Waals surface area contributed by atoms with Gasteiger partial charge in [-0.25, -0.2) is 4.39 Å². The molecule has 0 aromatic heterocycles. The summed E-state index contributed by atoms with van der Waals surface area (Å²) in [5, 5.41) is 2.64. The molecule has 5 nitrogen and oxygen atoms in total. The van der Waals surface area contributed by atoms with Crippen molar-refractivity contribution >= 4 is 17.4 Å². The number of hydrogen-bond donors (Lipinski definition) is 1. The van der Waals surface area contributed by atoms with Crippen LogP contribution in [0.1, 0.15) is 33.2 Å². The maximum Gasteiger partial charge on any atom is 0.256 e. The van der Waals surface area contributed by atoms with E-state index in [1.54, 1.807) is 6.92 Å². The number of nitrogens with one attached hydrogen (secondary N) is 1. The maximum atomic E-state index is 13.4. The molecule has 1 aliphatic rings. The predicted molar refractivity (Wildman–Crippen MR) is 81.7 cm³/mol. The zero-order valence-electron chi connectivity index (χ0n) is 12.6. The number of anilines is 1. The minimum Gasteiger partial charge on any atom is -0.454 e. The minimum absolute atomic E-state index is 0.0626. The number of fused-ring (bicyclic) bond motifs is 1. The predicted octanol–water partition coefficient (Wildman–Crippen LogP) is 3.32. The SMILES string of the molecule is CC(=O)c1cc2c(cc1NC(=O)c1cc(F)ccc1C)OCO2. The fourth-order valence-electron chi connectivity index (χ4n) is 2.37. The highest BCUT2D eigenvalue weighted by molar-refractivity contribution is 6.10. The number of hydrogen-bond acceptors (Lipinski definition) is 4. The number of ketones is 1. The smallest absolute Gasteiger partial charge is 0.256 e. The van der Waals surface area contributed by atoms with Crippen LogP contribution in [0.4, 0.5) is 10.1 Å². The van der Waals surface area contributed by atoms with Crippen LogP contribution in [0.2, 0.25) is 0 Å². The number of aryl methyl sites for hydroxylation is 1. The van der Waals surface area contributed by atoms with Crippen LogP contribution >= 0.6 is 0 Å². The lowest BCUT2D eigenvalue weighted by molar-refractivity contribution is 0.101. The molecule has 1 amide bonds. The van der Waals surface area contributed by atoms with E-state index in [0.29, 0.717) is 28.3 Å². The first-order valence-corrected chi connectivity index (χ1v) is 6.98. The summed E-state index contributed by atoms with van der Waals surface area (Å²) < 4.78 is 23.9. The third kappa shape index (κ3) is 2.88. The first kappa shape index (κ1) is 15.0. The molecule has 3 rings (SSSR count). The fourth-order valence-corrected chi connectivity index (χ4v) is 2.37. The average Bonchev–Trinajstić information content (AvgIpc) is 2.95. The van der Waals surface area contributed by atoms with Crippen molar-refractivity contribution < 1.29 is 23.5 Å². The van der Waals surface area contributed by atoms with Crippen molar-refractivity contribution in [2.75, 3.05) is 12.1 Å². The van der Waals surface area contributed by atoms with Gasteiger partial charge in [-0.3, -0.25) is 9.59 Å². The van der Waals surface area contributed by atoms with Crippen LogP contribution < -0.4 is 14.8 Å². The van der Waals surface area contributed by atoms with Crippen molar-refractivity contribution in [3.63, 3.8) is 0 Å². The molecule has 2 aromatic rings. The van der Waals surface area contributed by atoms with Crippen LogP contribution in [-0.2, 0) is 0 Å². The molecule has 1 heterocycles. The minimum atomic E-state index is -0.502. The summed E-state index contributed by atoms with van der Waals surface area (Å²) in [6, 6.07) is 7.03. The van der Waals surface area contributed by atoms with E-state index in [-0.39, 0.29) is 18.1 Å². The van der Waals surface area contributed by atoms with Gasteiger partial charge in [0.25, 0.3) is 5.91 Å². The van der Waals surface area contributed by atoms with Crippen LogP contribution in [0.25, 0.3) is 0 Å². The fraction of sp³-hybridized carbons (Fsp3) is 0.176. The molecule has 0 atom stereocenters. The van der Waals surface area contributed by atoms with Gasteiger partial charge < -0.3 is 14.8 Å². The molecule has 0 saturated heterocycles. The van der Waals surface area contributed by atoms with E-state index in [1.807, 2.05) is 0 Å². The van der Waals surface area contributed by atoms with Gasteiger partial charge in [0.2, 0.25) is 6.79 Å². The molecule has 1 aliphatic heterocycles. The molecule has 6 heteroatoms. The monoisotopic (exact) mass is 315 g/mol. The number of amides is 1. The van der Waals surface area contributed by atoms with Crippen LogP contribution in [0.15, 0.2) is 30.3 Å². The zero-order valence-corrected chi connectivity index (χ0v) is 12.6.